The van der Waals surface area contributed by atoms with Crippen molar-refractivity contribution in [3.63, 3.8) is 0 Å². The topological polar surface area (TPSA) is 48.1 Å². The SMILES string of the molecule is COc1ccc(-c2nc(N)c(C)s2)cc1C. The van der Waals surface area contributed by atoms with Crippen LogP contribution in [-0.2, 0) is 0 Å². The van der Waals surface area contributed by atoms with Gasteiger partial charge in [0.15, 0.2) is 0 Å². The Morgan fingerprint density at radius 2 is 2.06 bits per heavy atom. The van der Waals surface area contributed by atoms with Crippen LogP contribution >= 0.6 is 11.3 Å². The molecule has 0 atom stereocenters. The van der Waals surface area contributed by atoms with Crippen LogP contribution in [0.15, 0.2) is 18.2 Å². The van der Waals surface area contributed by atoms with Gasteiger partial charge in [0, 0.05) is 10.4 Å². The molecule has 0 fully saturated rings. The molecule has 0 unspecified atom stereocenters. The summed E-state index contributed by atoms with van der Waals surface area (Å²) in [7, 11) is 1.67. The van der Waals surface area contributed by atoms with Gasteiger partial charge < -0.3 is 10.5 Å². The van der Waals surface area contributed by atoms with E-state index in [2.05, 4.69) is 11.1 Å². The number of aromatic nitrogens is 1. The number of rotatable bonds is 2. The van der Waals surface area contributed by atoms with E-state index in [-0.39, 0.29) is 0 Å². The zero-order valence-electron chi connectivity index (χ0n) is 9.57. The van der Waals surface area contributed by atoms with Gasteiger partial charge in [0.05, 0.1) is 7.11 Å². The number of hydrogen-bond acceptors (Lipinski definition) is 4. The number of methoxy groups -OCH3 is 1. The molecule has 0 saturated carbocycles. The maximum absolute atomic E-state index is 5.75. The number of aryl methyl sites for hydroxylation is 2. The van der Waals surface area contributed by atoms with Crippen LogP contribution in [0.5, 0.6) is 5.75 Å². The average molecular weight is 234 g/mol. The summed E-state index contributed by atoms with van der Waals surface area (Å²) < 4.78 is 5.22. The average Bonchev–Trinajstić information content (AvgIpc) is 2.59. The van der Waals surface area contributed by atoms with Crippen molar-refractivity contribution in [2.24, 2.45) is 0 Å². The second-order valence-corrected chi connectivity index (χ2v) is 4.85. The molecule has 0 bridgehead atoms. The number of ether oxygens (including phenoxy) is 1. The minimum Gasteiger partial charge on any atom is -0.496 e. The lowest BCUT2D eigenvalue weighted by molar-refractivity contribution is 0.412. The summed E-state index contributed by atoms with van der Waals surface area (Å²) >= 11 is 1.61. The first-order chi connectivity index (χ1) is 7.61. The number of benzene rings is 1. The second kappa shape index (κ2) is 4.14. The fourth-order valence-corrected chi connectivity index (χ4v) is 2.37. The Labute approximate surface area is 98.9 Å². The lowest BCUT2D eigenvalue weighted by Crippen LogP contribution is -1.88. The Balaban J connectivity index is 2.45. The predicted molar refractivity (Wildman–Crippen MR) is 68.0 cm³/mol. The molecule has 1 aromatic carbocycles. The Kier molecular flexibility index (Phi) is 2.83. The predicted octanol–water partition coefficient (Wildman–Crippen LogP) is 3.02. The molecule has 1 heterocycles. The van der Waals surface area contributed by atoms with Crippen molar-refractivity contribution < 1.29 is 4.74 Å². The van der Waals surface area contributed by atoms with E-state index in [4.69, 9.17) is 10.5 Å². The quantitative estimate of drug-likeness (QED) is 0.869. The van der Waals surface area contributed by atoms with Gasteiger partial charge in [0.2, 0.25) is 0 Å². The van der Waals surface area contributed by atoms with E-state index in [9.17, 15) is 0 Å². The Hall–Kier alpha value is -1.55. The summed E-state index contributed by atoms with van der Waals surface area (Å²) in [5.41, 5.74) is 7.94. The first-order valence-electron chi connectivity index (χ1n) is 4.99. The van der Waals surface area contributed by atoms with E-state index in [1.807, 2.05) is 26.0 Å². The Morgan fingerprint density at radius 1 is 1.31 bits per heavy atom. The van der Waals surface area contributed by atoms with E-state index in [1.165, 1.54) is 0 Å². The molecular weight excluding hydrogens is 220 g/mol. The third-order valence-electron chi connectivity index (χ3n) is 2.47. The zero-order valence-corrected chi connectivity index (χ0v) is 10.4. The fraction of sp³-hybridized carbons (Fsp3) is 0.250. The maximum atomic E-state index is 5.75. The van der Waals surface area contributed by atoms with Crippen molar-refractivity contribution in [3.05, 3.63) is 28.6 Å². The summed E-state index contributed by atoms with van der Waals surface area (Å²) in [4.78, 5) is 5.39. The number of thiazole rings is 1. The minimum absolute atomic E-state index is 0.619. The number of anilines is 1. The molecule has 2 aromatic rings. The number of nitrogens with zero attached hydrogens (tertiary/aromatic N) is 1. The summed E-state index contributed by atoms with van der Waals surface area (Å²) in [5, 5.41) is 0.959. The molecule has 0 aliphatic carbocycles. The van der Waals surface area contributed by atoms with Crippen molar-refractivity contribution in [1.29, 1.82) is 0 Å². The molecule has 0 aliphatic rings. The largest absolute Gasteiger partial charge is 0.496 e. The highest BCUT2D eigenvalue weighted by Gasteiger charge is 2.08. The van der Waals surface area contributed by atoms with Gasteiger partial charge in [-0.25, -0.2) is 4.98 Å². The van der Waals surface area contributed by atoms with E-state index < -0.39 is 0 Å². The van der Waals surface area contributed by atoms with Gasteiger partial charge in [0.1, 0.15) is 16.6 Å². The zero-order chi connectivity index (χ0) is 11.7. The second-order valence-electron chi connectivity index (χ2n) is 3.64. The molecule has 0 saturated heterocycles. The molecule has 0 amide bonds. The number of hydrogen-bond donors (Lipinski definition) is 1. The Morgan fingerprint density at radius 3 is 2.56 bits per heavy atom. The first kappa shape index (κ1) is 11.0. The van der Waals surface area contributed by atoms with Crippen molar-refractivity contribution in [2.45, 2.75) is 13.8 Å². The molecule has 0 spiro atoms. The lowest BCUT2D eigenvalue weighted by Gasteiger charge is -2.05. The van der Waals surface area contributed by atoms with Crippen LogP contribution in [0.1, 0.15) is 10.4 Å². The molecule has 4 heteroatoms. The summed E-state index contributed by atoms with van der Waals surface area (Å²) in [5.74, 6) is 1.51. The van der Waals surface area contributed by atoms with Gasteiger partial charge in [-0.3, -0.25) is 0 Å². The van der Waals surface area contributed by atoms with Gasteiger partial charge in [-0.1, -0.05) is 0 Å². The van der Waals surface area contributed by atoms with Crippen LogP contribution < -0.4 is 10.5 Å². The molecule has 3 nitrogen and oxygen atoms in total. The van der Waals surface area contributed by atoms with Crippen molar-refractivity contribution in [2.75, 3.05) is 12.8 Å². The van der Waals surface area contributed by atoms with Crippen molar-refractivity contribution in [3.8, 4) is 16.3 Å². The number of nitrogen functional groups attached to an aromatic ring is 1. The summed E-state index contributed by atoms with van der Waals surface area (Å²) in [6.07, 6.45) is 0. The van der Waals surface area contributed by atoms with Crippen LogP contribution in [-0.4, -0.2) is 12.1 Å². The molecule has 84 valence electrons. The monoisotopic (exact) mass is 234 g/mol. The molecule has 2 rings (SSSR count). The van der Waals surface area contributed by atoms with E-state index in [1.54, 1.807) is 18.4 Å². The Bertz CT molecular complexity index is 500. The van der Waals surface area contributed by atoms with Crippen LogP contribution in [0.3, 0.4) is 0 Å². The molecule has 16 heavy (non-hydrogen) atoms. The van der Waals surface area contributed by atoms with E-state index in [0.29, 0.717) is 5.82 Å². The van der Waals surface area contributed by atoms with Gasteiger partial charge >= 0.3 is 0 Å². The van der Waals surface area contributed by atoms with Gasteiger partial charge in [-0.2, -0.15) is 0 Å². The van der Waals surface area contributed by atoms with Crippen molar-refractivity contribution >= 4 is 17.2 Å². The van der Waals surface area contributed by atoms with Crippen LogP contribution in [0.2, 0.25) is 0 Å². The third-order valence-corrected chi connectivity index (χ3v) is 3.51. The maximum Gasteiger partial charge on any atom is 0.138 e. The van der Waals surface area contributed by atoms with Gasteiger partial charge in [0.25, 0.3) is 0 Å². The van der Waals surface area contributed by atoms with Gasteiger partial charge in [-0.05, 0) is 37.6 Å². The molecule has 1 aromatic heterocycles. The molecule has 0 radical (unpaired) electrons. The highest BCUT2D eigenvalue weighted by atomic mass is 32.1. The van der Waals surface area contributed by atoms with Crippen LogP contribution in [0, 0.1) is 13.8 Å². The van der Waals surface area contributed by atoms with Crippen LogP contribution in [0.4, 0.5) is 5.82 Å². The van der Waals surface area contributed by atoms with Crippen molar-refractivity contribution in [1.82, 2.24) is 4.98 Å². The first-order valence-corrected chi connectivity index (χ1v) is 5.81. The molecule has 0 aliphatic heterocycles. The highest BCUT2D eigenvalue weighted by Crippen LogP contribution is 2.31. The summed E-state index contributed by atoms with van der Waals surface area (Å²) in [6.45, 7) is 4.00. The molecule has 2 N–H and O–H groups in total. The van der Waals surface area contributed by atoms with E-state index in [0.717, 1.165) is 26.8 Å². The summed E-state index contributed by atoms with van der Waals surface area (Å²) in [6, 6.07) is 6.03. The van der Waals surface area contributed by atoms with Crippen LogP contribution in [0.25, 0.3) is 10.6 Å². The smallest absolute Gasteiger partial charge is 0.138 e. The van der Waals surface area contributed by atoms with Gasteiger partial charge in [-0.15, -0.1) is 11.3 Å². The fourth-order valence-electron chi connectivity index (χ4n) is 1.54. The lowest BCUT2D eigenvalue weighted by atomic mass is 10.1. The molecular formula is C12H14N2OS. The third kappa shape index (κ3) is 1.88. The standard InChI is InChI=1S/C12H14N2OS/c1-7-6-9(4-5-10(7)15-3)12-14-11(13)8(2)16-12/h4-6H,13H2,1-3H3. The highest BCUT2D eigenvalue weighted by molar-refractivity contribution is 7.15. The van der Waals surface area contributed by atoms with E-state index >= 15 is 0 Å². The minimum atomic E-state index is 0.619. The normalized spacial score (nSPS) is 10.4. The number of nitrogens with two attached hydrogens (primary N) is 1.